The first-order chi connectivity index (χ1) is 13.8. The van der Waals surface area contributed by atoms with Gasteiger partial charge in [0.2, 0.25) is 10.8 Å². The van der Waals surface area contributed by atoms with Crippen molar-refractivity contribution in [3.05, 3.63) is 71.5 Å². The van der Waals surface area contributed by atoms with Crippen molar-refractivity contribution in [2.24, 2.45) is 0 Å². The summed E-state index contributed by atoms with van der Waals surface area (Å²) in [6.07, 6.45) is 0. The molecule has 0 aliphatic carbocycles. The van der Waals surface area contributed by atoms with Crippen LogP contribution in [-0.4, -0.2) is 30.0 Å². The van der Waals surface area contributed by atoms with Crippen molar-refractivity contribution >= 4 is 16.3 Å². The standard InChI is InChI=1S/C19H13FN6OS/c20-13-6-8-14(9-7-13)27-11-17-25-26-18(23-24-19(26)28-17)16-10-15(21-22-16)12-4-2-1-3-5-12/h1-10H,11H2,(H,21,22). The lowest BCUT2D eigenvalue weighted by atomic mass is 10.1. The number of benzene rings is 2. The Labute approximate surface area is 162 Å². The number of ether oxygens (including phenoxy) is 1. The summed E-state index contributed by atoms with van der Waals surface area (Å²) in [6.45, 7) is 0.261. The first kappa shape index (κ1) is 16.6. The SMILES string of the molecule is Fc1ccc(OCc2nn3c(-c4cc(-c5ccccc5)n[nH]4)nnc3s2)cc1. The van der Waals surface area contributed by atoms with E-state index in [2.05, 4.69) is 25.5 Å². The van der Waals surface area contributed by atoms with Gasteiger partial charge in [-0.05, 0) is 30.3 Å². The molecule has 3 heterocycles. The second-order valence-electron chi connectivity index (χ2n) is 5.99. The number of hydrogen-bond donors (Lipinski definition) is 1. The third kappa shape index (κ3) is 3.12. The van der Waals surface area contributed by atoms with E-state index in [9.17, 15) is 4.39 Å². The lowest BCUT2D eigenvalue weighted by Crippen LogP contribution is -1.97. The van der Waals surface area contributed by atoms with Crippen LogP contribution in [0.15, 0.2) is 60.7 Å². The van der Waals surface area contributed by atoms with E-state index < -0.39 is 0 Å². The van der Waals surface area contributed by atoms with Crippen LogP contribution in [0.1, 0.15) is 5.01 Å². The molecule has 0 atom stereocenters. The molecule has 138 valence electrons. The first-order valence-electron chi connectivity index (χ1n) is 8.47. The molecule has 0 saturated heterocycles. The summed E-state index contributed by atoms with van der Waals surface area (Å²) in [5.41, 5.74) is 2.56. The fraction of sp³-hybridized carbons (Fsp3) is 0.0526. The van der Waals surface area contributed by atoms with E-state index in [1.165, 1.54) is 23.5 Å². The molecule has 2 aromatic carbocycles. The molecule has 0 saturated carbocycles. The maximum Gasteiger partial charge on any atom is 0.235 e. The Morgan fingerprint density at radius 1 is 1.04 bits per heavy atom. The van der Waals surface area contributed by atoms with E-state index >= 15 is 0 Å². The molecule has 0 unspecified atom stereocenters. The summed E-state index contributed by atoms with van der Waals surface area (Å²) in [5, 5.41) is 21.0. The third-order valence-electron chi connectivity index (χ3n) is 4.10. The smallest absolute Gasteiger partial charge is 0.235 e. The summed E-state index contributed by atoms with van der Waals surface area (Å²) in [6, 6.07) is 17.7. The van der Waals surface area contributed by atoms with E-state index in [-0.39, 0.29) is 12.4 Å². The van der Waals surface area contributed by atoms with Gasteiger partial charge in [0, 0.05) is 5.56 Å². The number of H-pyrrole nitrogens is 1. The van der Waals surface area contributed by atoms with Gasteiger partial charge in [0.05, 0.1) is 5.69 Å². The molecule has 0 amide bonds. The monoisotopic (exact) mass is 392 g/mol. The zero-order chi connectivity index (χ0) is 18.9. The molecular formula is C19H13FN6OS. The fourth-order valence-corrected chi connectivity index (χ4v) is 3.50. The van der Waals surface area contributed by atoms with Crippen LogP contribution in [0.25, 0.3) is 27.7 Å². The second-order valence-corrected chi connectivity index (χ2v) is 7.03. The van der Waals surface area contributed by atoms with Crippen LogP contribution in [0.5, 0.6) is 5.75 Å². The summed E-state index contributed by atoms with van der Waals surface area (Å²) in [7, 11) is 0. The Morgan fingerprint density at radius 2 is 1.86 bits per heavy atom. The molecule has 5 rings (SSSR count). The summed E-state index contributed by atoms with van der Waals surface area (Å²) in [5.74, 6) is 0.854. The van der Waals surface area contributed by atoms with Crippen LogP contribution in [0, 0.1) is 5.82 Å². The van der Waals surface area contributed by atoms with Crippen LogP contribution >= 0.6 is 11.3 Å². The predicted molar refractivity (Wildman–Crippen MR) is 102 cm³/mol. The Hall–Kier alpha value is -3.59. The number of rotatable bonds is 5. The Balaban J connectivity index is 1.39. The lowest BCUT2D eigenvalue weighted by molar-refractivity contribution is 0.303. The van der Waals surface area contributed by atoms with E-state index in [0.29, 0.717) is 16.5 Å². The molecule has 0 bridgehead atoms. The molecule has 9 heteroatoms. The van der Waals surface area contributed by atoms with Gasteiger partial charge in [-0.1, -0.05) is 41.7 Å². The first-order valence-corrected chi connectivity index (χ1v) is 9.28. The number of nitrogens with zero attached hydrogens (tertiary/aromatic N) is 5. The topological polar surface area (TPSA) is 81.0 Å². The minimum absolute atomic E-state index is 0.261. The average Bonchev–Trinajstić information content (AvgIpc) is 3.44. The minimum Gasteiger partial charge on any atom is -0.486 e. The van der Waals surface area contributed by atoms with E-state index in [1.807, 2.05) is 36.4 Å². The highest BCUT2D eigenvalue weighted by molar-refractivity contribution is 7.16. The number of nitrogens with one attached hydrogen (secondary N) is 1. The van der Waals surface area contributed by atoms with Crippen molar-refractivity contribution in [3.63, 3.8) is 0 Å². The second kappa shape index (κ2) is 6.86. The molecule has 0 spiro atoms. The van der Waals surface area contributed by atoms with Gasteiger partial charge in [-0.2, -0.15) is 14.7 Å². The summed E-state index contributed by atoms with van der Waals surface area (Å²) < 4.78 is 20.3. The molecule has 3 aromatic heterocycles. The van der Waals surface area contributed by atoms with Crippen molar-refractivity contribution in [2.45, 2.75) is 6.61 Å². The lowest BCUT2D eigenvalue weighted by Gasteiger charge is -2.02. The van der Waals surface area contributed by atoms with Crippen molar-refractivity contribution in [1.82, 2.24) is 30.0 Å². The van der Waals surface area contributed by atoms with Crippen molar-refractivity contribution in [1.29, 1.82) is 0 Å². The number of aromatic nitrogens is 6. The number of aromatic amines is 1. The van der Waals surface area contributed by atoms with Gasteiger partial charge < -0.3 is 4.74 Å². The van der Waals surface area contributed by atoms with Crippen molar-refractivity contribution < 1.29 is 9.13 Å². The van der Waals surface area contributed by atoms with E-state index in [1.54, 1.807) is 16.6 Å². The van der Waals surface area contributed by atoms with Gasteiger partial charge in [-0.25, -0.2) is 4.39 Å². The quantitative estimate of drug-likeness (QED) is 0.490. The molecular weight excluding hydrogens is 379 g/mol. The highest BCUT2D eigenvalue weighted by atomic mass is 32.1. The average molecular weight is 392 g/mol. The molecule has 0 radical (unpaired) electrons. The molecule has 7 nitrogen and oxygen atoms in total. The largest absolute Gasteiger partial charge is 0.486 e. The third-order valence-corrected chi connectivity index (χ3v) is 4.97. The Kier molecular flexibility index (Phi) is 4.06. The number of hydrogen-bond acceptors (Lipinski definition) is 6. The Morgan fingerprint density at radius 3 is 2.68 bits per heavy atom. The van der Waals surface area contributed by atoms with E-state index in [0.717, 1.165) is 22.0 Å². The molecule has 5 aromatic rings. The van der Waals surface area contributed by atoms with Gasteiger partial charge in [0.15, 0.2) is 5.01 Å². The minimum atomic E-state index is -0.301. The van der Waals surface area contributed by atoms with Crippen molar-refractivity contribution in [3.8, 4) is 28.5 Å². The summed E-state index contributed by atoms with van der Waals surface area (Å²) >= 11 is 1.38. The van der Waals surface area contributed by atoms with Gasteiger partial charge >= 0.3 is 0 Å². The summed E-state index contributed by atoms with van der Waals surface area (Å²) in [4.78, 5) is 0.656. The molecule has 0 fully saturated rings. The van der Waals surface area contributed by atoms with Gasteiger partial charge in [0.1, 0.15) is 23.9 Å². The zero-order valence-electron chi connectivity index (χ0n) is 14.4. The van der Waals surface area contributed by atoms with Crippen molar-refractivity contribution in [2.75, 3.05) is 0 Å². The van der Waals surface area contributed by atoms with Gasteiger partial charge in [-0.3, -0.25) is 5.10 Å². The number of halogens is 1. The van der Waals surface area contributed by atoms with Crippen LogP contribution in [-0.2, 0) is 6.61 Å². The Bertz CT molecular complexity index is 1230. The molecule has 0 aliphatic rings. The normalized spacial score (nSPS) is 11.2. The van der Waals surface area contributed by atoms with Gasteiger partial charge in [0.25, 0.3) is 0 Å². The molecule has 28 heavy (non-hydrogen) atoms. The fourth-order valence-electron chi connectivity index (χ4n) is 2.75. The maximum atomic E-state index is 13.0. The van der Waals surface area contributed by atoms with Gasteiger partial charge in [-0.15, -0.1) is 10.2 Å². The van der Waals surface area contributed by atoms with Crippen LogP contribution < -0.4 is 4.74 Å². The van der Waals surface area contributed by atoms with E-state index in [4.69, 9.17) is 4.74 Å². The highest BCUT2D eigenvalue weighted by Gasteiger charge is 2.16. The van der Waals surface area contributed by atoms with Crippen LogP contribution in [0.3, 0.4) is 0 Å². The van der Waals surface area contributed by atoms with Crippen LogP contribution in [0.4, 0.5) is 4.39 Å². The van der Waals surface area contributed by atoms with Crippen LogP contribution in [0.2, 0.25) is 0 Å². The molecule has 1 N–H and O–H groups in total. The zero-order valence-corrected chi connectivity index (χ0v) is 15.2. The predicted octanol–water partition coefficient (Wildman–Crippen LogP) is 3.96. The number of fused-ring (bicyclic) bond motifs is 1. The molecule has 0 aliphatic heterocycles. The highest BCUT2D eigenvalue weighted by Crippen LogP contribution is 2.25. The maximum absolute atomic E-state index is 13.0.